The molecule has 0 aliphatic carbocycles. The molecule has 0 bridgehead atoms. The van der Waals surface area contributed by atoms with Gasteiger partial charge in [0.25, 0.3) is 0 Å². The number of nitrogens with zero attached hydrogens (tertiary/aromatic N) is 2. The van der Waals surface area contributed by atoms with E-state index >= 15 is 0 Å². The number of guanidine groups is 1. The van der Waals surface area contributed by atoms with Gasteiger partial charge in [0.1, 0.15) is 17.8 Å². The number of nitrogens with one attached hydrogen (secondary N) is 1. The van der Waals surface area contributed by atoms with Crippen LogP contribution in [0.3, 0.4) is 0 Å². The van der Waals surface area contributed by atoms with Gasteiger partial charge in [-0.2, -0.15) is 5.06 Å². The highest BCUT2D eigenvalue weighted by atomic mass is 16.5. The van der Waals surface area contributed by atoms with E-state index in [0.717, 1.165) is 5.06 Å². The van der Waals surface area contributed by atoms with Gasteiger partial charge in [0.05, 0.1) is 0 Å². The van der Waals surface area contributed by atoms with Crippen LogP contribution >= 0.6 is 0 Å². The quantitative estimate of drug-likeness (QED) is 0.128. The summed E-state index contributed by atoms with van der Waals surface area (Å²) in [6, 6.07) is 4.37. The highest BCUT2D eigenvalue weighted by Crippen LogP contribution is 2.12. The van der Waals surface area contributed by atoms with E-state index in [0.29, 0.717) is 18.5 Å². The molecule has 10 nitrogen and oxygen atoms in total. The van der Waals surface area contributed by atoms with E-state index in [1.165, 1.54) is 19.2 Å². The van der Waals surface area contributed by atoms with E-state index in [9.17, 15) is 19.9 Å². The second-order valence-corrected chi connectivity index (χ2v) is 5.87. The molecule has 0 saturated carbocycles. The Bertz CT molecular complexity index is 628. The van der Waals surface area contributed by atoms with Crippen molar-refractivity contribution >= 4 is 17.8 Å². The third kappa shape index (κ3) is 7.36. The van der Waals surface area contributed by atoms with Crippen LogP contribution in [0.1, 0.15) is 18.4 Å². The van der Waals surface area contributed by atoms with Gasteiger partial charge in [-0.3, -0.25) is 14.6 Å². The number of phenolic OH excluding ortho intramolecular Hbond substituents is 1. The zero-order chi connectivity index (χ0) is 19.7. The molecule has 10 heteroatoms. The number of phenols is 1. The maximum Gasteiger partial charge on any atom is 0.240 e. The summed E-state index contributed by atoms with van der Waals surface area (Å²) in [5, 5.41) is 22.3. The lowest BCUT2D eigenvalue weighted by Gasteiger charge is -2.24. The molecular formula is C16H26N6O4. The Morgan fingerprint density at radius 1 is 1.23 bits per heavy atom. The molecule has 0 heterocycles. The monoisotopic (exact) mass is 366 g/mol. The van der Waals surface area contributed by atoms with Crippen LogP contribution in [0.4, 0.5) is 0 Å². The minimum absolute atomic E-state index is 0.0500. The number of hydrogen-bond donors (Lipinski definition) is 6. The van der Waals surface area contributed by atoms with Crippen molar-refractivity contribution in [3.63, 3.8) is 0 Å². The van der Waals surface area contributed by atoms with Crippen molar-refractivity contribution in [2.24, 2.45) is 22.2 Å². The van der Waals surface area contributed by atoms with E-state index in [1.54, 1.807) is 12.1 Å². The first-order valence-corrected chi connectivity index (χ1v) is 8.05. The lowest BCUT2D eigenvalue weighted by molar-refractivity contribution is -0.149. The first kappa shape index (κ1) is 21.2. The smallest absolute Gasteiger partial charge is 0.240 e. The number of carbonyl (C=O) groups excluding carboxylic acids is 2. The van der Waals surface area contributed by atoms with E-state index in [2.05, 4.69) is 10.3 Å². The molecule has 26 heavy (non-hydrogen) atoms. The molecule has 0 aromatic heterocycles. The normalized spacial score (nSPS) is 13.0. The van der Waals surface area contributed by atoms with Gasteiger partial charge in [0, 0.05) is 20.0 Å². The average Bonchev–Trinajstić information content (AvgIpc) is 2.55. The number of aliphatic imine (C=N–C) groups is 1. The van der Waals surface area contributed by atoms with E-state index < -0.39 is 23.9 Å². The third-order valence-electron chi connectivity index (χ3n) is 3.72. The van der Waals surface area contributed by atoms with Crippen LogP contribution in [0.15, 0.2) is 29.3 Å². The maximum atomic E-state index is 12.4. The largest absolute Gasteiger partial charge is 0.508 e. The maximum absolute atomic E-state index is 12.4. The number of hydrogen-bond acceptors (Lipinski definition) is 6. The van der Waals surface area contributed by atoms with Gasteiger partial charge in [0.2, 0.25) is 11.8 Å². The summed E-state index contributed by atoms with van der Waals surface area (Å²) in [6.07, 6.45) is 0.900. The molecule has 2 atom stereocenters. The molecule has 0 spiro atoms. The van der Waals surface area contributed by atoms with Gasteiger partial charge in [-0.15, -0.1) is 0 Å². The summed E-state index contributed by atoms with van der Waals surface area (Å²) < 4.78 is 0. The number of primary amides is 1. The fourth-order valence-corrected chi connectivity index (χ4v) is 2.34. The van der Waals surface area contributed by atoms with Gasteiger partial charge in [0.15, 0.2) is 5.96 Å². The molecule has 0 aliphatic rings. The molecule has 1 aromatic carbocycles. The number of likely N-dealkylation sites (N-methyl/N-ethyl adjacent to an activating group) is 1. The Morgan fingerprint density at radius 2 is 1.85 bits per heavy atom. The van der Waals surface area contributed by atoms with E-state index in [1.807, 2.05) is 0 Å². The number of rotatable bonds is 10. The molecule has 1 rings (SSSR count). The molecule has 0 radical (unpaired) electrons. The lowest BCUT2D eigenvalue weighted by Crippen LogP contribution is -2.52. The average molecular weight is 366 g/mol. The fraction of sp³-hybridized carbons (Fsp3) is 0.438. The summed E-state index contributed by atoms with van der Waals surface area (Å²) >= 11 is 0. The van der Waals surface area contributed by atoms with Crippen LogP contribution < -0.4 is 22.5 Å². The molecule has 2 amide bonds. The molecule has 0 fully saturated rings. The summed E-state index contributed by atoms with van der Waals surface area (Å²) in [6.45, 7) is 0.312. The van der Waals surface area contributed by atoms with Crippen molar-refractivity contribution in [1.82, 2.24) is 10.4 Å². The van der Waals surface area contributed by atoms with Gasteiger partial charge < -0.3 is 32.8 Å². The number of amides is 2. The standard InChI is InChI=1S/C16H26N6O4/c1-22(26)13(3-2-8-20-16(18)19)15(25)21-12(14(17)24)9-10-4-6-11(23)7-5-10/h4-7,12-13,23,26H,2-3,8-9H2,1H3,(H2,17,24)(H,21,25)(H4,18,19,20)/t12-,13-/m0/s1. The molecule has 0 aliphatic heterocycles. The van der Waals surface area contributed by atoms with Crippen molar-refractivity contribution < 1.29 is 19.9 Å². The van der Waals surface area contributed by atoms with Crippen molar-refractivity contribution in [1.29, 1.82) is 0 Å². The first-order chi connectivity index (χ1) is 12.2. The first-order valence-electron chi connectivity index (χ1n) is 8.05. The number of aromatic hydroxyl groups is 1. The van der Waals surface area contributed by atoms with Crippen LogP contribution in [-0.4, -0.2) is 58.8 Å². The Kier molecular flexibility index (Phi) is 8.32. The van der Waals surface area contributed by atoms with E-state index in [-0.39, 0.29) is 24.6 Å². The zero-order valence-corrected chi connectivity index (χ0v) is 14.6. The highest BCUT2D eigenvalue weighted by Gasteiger charge is 2.26. The Balaban J connectivity index is 2.71. The molecule has 0 saturated heterocycles. The zero-order valence-electron chi connectivity index (χ0n) is 14.6. The van der Waals surface area contributed by atoms with Crippen LogP contribution in [0.25, 0.3) is 0 Å². The van der Waals surface area contributed by atoms with Crippen LogP contribution in [0.5, 0.6) is 5.75 Å². The van der Waals surface area contributed by atoms with Gasteiger partial charge >= 0.3 is 0 Å². The van der Waals surface area contributed by atoms with Crippen molar-refractivity contribution in [3.05, 3.63) is 29.8 Å². The van der Waals surface area contributed by atoms with Gasteiger partial charge in [-0.25, -0.2) is 0 Å². The van der Waals surface area contributed by atoms with Crippen molar-refractivity contribution in [2.45, 2.75) is 31.3 Å². The number of nitrogens with two attached hydrogens (primary N) is 3. The summed E-state index contributed by atoms with van der Waals surface area (Å²) in [7, 11) is 1.34. The van der Waals surface area contributed by atoms with Gasteiger partial charge in [-0.05, 0) is 30.5 Å². The molecular weight excluding hydrogens is 340 g/mol. The summed E-state index contributed by atoms with van der Waals surface area (Å²) in [4.78, 5) is 27.9. The van der Waals surface area contributed by atoms with E-state index in [4.69, 9.17) is 17.2 Å². The minimum Gasteiger partial charge on any atom is -0.508 e. The van der Waals surface area contributed by atoms with Crippen molar-refractivity contribution in [3.8, 4) is 5.75 Å². The predicted octanol–water partition coefficient (Wildman–Crippen LogP) is -1.35. The summed E-state index contributed by atoms with van der Waals surface area (Å²) in [5.74, 6) is -1.20. The predicted molar refractivity (Wildman–Crippen MR) is 96.2 cm³/mol. The Labute approximate surface area is 151 Å². The van der Waals surface area contributed by atoms with Crippen LogP contribution in [-0.2, 0) is 16.0 Å². The minimum atomic E-state index is -0.952. The highest BCUT2D eigenvalue weighted by molar-refractivity contribution is 5.89. The summed E-state index contributed by atoms with van der Waals surface area (Å²) in [5.41, 5.74) is 16.6. The number of hydroxylamine groups is 2. The third-order valence-corrected chi connectivity index (χ3v) is 3.72. The second-order valence-electron chi connectivity index (χ2n) is 5.87. The number of carbonyl (C=O) groups is 2. The second kappa shape index (κ2) is 10.2. The molecule has 1 aromatic rings. The molecule has 144 valence electrons. The fourth-order valence-electron chi connectivity index (χ4n) is 2.34. The van der Waals surface area contributed by atoms with Gasteiger partial charge in [-0.1, -0.05) is 12.1 Å². The topological polar surface area (TPSA) is 180 Å². The molecule has 0 unspecified atom stereocenters. The Hall–Kier alpha value is -2.85. The lowest BCUT2D eigenvalue weighted by atomic mass is 10.0. The van der Waals surface area contributed by atoms with Crippen LogP contribution in [0, 0.1) is 0 Å². The SMILES string of the molecule is CN(O)[C@@H](CCCN=C(N)N)C(=O)N[C@@H](Cc1ccc(O)cc1)C(N)=O. The Morgan fingerprint density at radius 3 is 2.35 bits per heavy atom. The molecule has 9 N–H and O–H groups in total. The van der Waals surface area contributed by atoms with Crippen LogP contribution in [0.2, 0.25) is 0 Å². The van der Waals surface area contributed by atoms with Crippen molar-refractivity contribution in [2.75, 3.05) is 13.6 Å². The number of benzene rings is 1.